The van der Waals surface area contributed by atoms with Gasteiger partial charge in [-0.15, -0.1) is 0 Å². The van der Waals surface area contributed by atoms with Crippen molar-refractivity contribution in [3.05, 3.63) is 12.1 Å². The summed E-state index contributed by atoms with van der Waals surface area (Å²) >= 11 is 0. The van der Waals surface area contributed by atoms with Crippen molar-refractivity contribution >= 4 is 21.8 Å². The number of rotatable bonds is 8. The average molecular weight is 487 g/mol. The van der Waals surface area contributed by atoms with Crippen LogP contribution in [0.5, 0.6) is 17.2 Å². The second-order valence-electron chi connectivity index (χ2n) is 8.22. The summed E-state index contributed by atoms with van der Waals surface area (Å²) in [5.74, 6) is 1.12. The van der Waals surface area contributed by atoms with Crippen LogP contribution in [0.1, 0.15) is 13.8 Å². The van der Waals surface area contributed by atoms with Gasteiger partial charge in [0, 0.05) is 57.1 Å². The number of amides is 1. The van der Waals surface area contributed by atoms with Gasteiger partial charge in [-0.05, 0) is 13.8 Å². The molecule has 0 radical (unpaired) electrons. The van der Waals surface area contributed by atoms with Crippen LogP contribution in [-0.4, -0.2) is 107 Å². The minimum atomic E-state index is -3.55. The highest BCUT2D eigenvalue weighted by Gasteiger charge is 2.36. The van der Waals surface area contributed by atoms with Crippen molar-refractivity contribution in [2.75, 3.05) is 72.5 Å². The van der Waals surface area contributed by atoms with Gasteiger partial charge in [-0.3, -0.25) is 9.69 Å². The second-order valence-corrected chi connectivity index (χ2v) is 10.1. The number of ether oxygens (including phenoxy) is 4. The van der Waals surface area contributed by atoms with Gasteiger partial charge in [0.05, 0.1) is 40.1 Å². The van der Waals surface area contributed by atoms with E-state index in [1.165, 1.54) is 29.9 Å². The molecule has 0 spiro atoms. The molecule has 1 amide bonds. The maximum Gasteiger partial charge on any atom is 0.282 e. The number of morpholine rings is 1. The smallest absolute Gasteiger partial charge is 0.282 e. The molecule has 2 saturated heterocycles. The highest BCUT2D eigenvalue weighted by Crippen LogP contribution is 2.39. The Labute approximate surface area is 195 Å². The topological polar surface area (TPSA) is 110 Å². The van der Waals surface area contributed by atoms with E-state index in [2.05, 4.69) is 5.32 Å². The molecule has 2 heterocycles. The Kier molecular flexibility index (Phi) is 8.40. The molecule has 0 aromatic heterocycles. The molecule has 186 valence electrons. The van der Waals surface area contributed by atoms with Crippen LogP contribution in [0.4, 0.5) is 5.69 Å². The lowest BCUT2D eigenvalue weighted by Gasteiger charge is -2.40. The van der Waals surface area contributed by atoms with Crippen LogP contribution in [0.25, 0.3) is 0 Å². The number of methoxy groups -OCH3 is 3. The van der Waals surface area contributed by atoms with Crippen LogP contribution in [0.15, 0.2) is 12.1 Å². The molecular formula is C21H34N4O7S. The molecule has 1 N–H and O–H groups in total. The zero-order valence-electron chi connectivity index (χ0n) is 19.9. The lowest BCUT2D eigenvalue weighted by Crippen LogP contribution is -2.57. The van der Waals surface area contributed by atoms with E-state index in [9.17, 15) is 13.2 Å². The molecule has 2 atom stereocenters. The van der Waals surface area contributed by atoms with Crippen LogP contribution in [0, 0.1) is 0 Å². The summed E-state index contributed by atoms with van der Waals surface area (Å²) in [7, 11) is 0.976. The summed E-state index contributed by atoms with van der Waals surface area (Å²) in [6.07, 6.45) is -0.271. The van der Waals surface area contributed by atoms with Crippen LogP contribution in [-0.2, 0) is 19.7 Å². The fourth-order valence-electron chi connectivity index (χ4n) is 4.16. The average Bonchev–Trinajstić information content (AvgIpc) is 2.78. The highest BCUT2D eigenvalue weighted by atomic mass is 32.2. The maximum atomic E-state index is 13.0. The molecule has 1 aromatic rings. The number of nitrogens with one attached hydrogen (secondary N) is 1. The van der Waals surface area contributed by atoms with Gasteiger partial charge in [0.15, 0.2) is 11.5 Å². The van der Waals surface area contributed by atoms with E-state index in [0.717, 1.165) is 0 Å². The van der Waals surface area contributed by atoms with Crippen LogP contribution in [0.3, 0.4) is 0 Å². The van der Waals surface area contributed by atoms with Crippen molar-refractivity contribution in [1.29, 1.82) is 0 Å². The summed E-state index contributed by atoms with van der Waals surface area (Å²) < 4.78 is 50.7. The number of carbonyl (C=O) groups excluding carboxylic acids is 1. The minimum absolute atomic E-state index is 0.135. The van der Waals surface area contributed by atoms with Crippen molar-refractivity contribution < 1.29 is 32.2 Å². The summed E-state index contributed by atoms with van der Waals surface area (Å²) in [6, 6.07) is 3.32. The lowest BCUT2D eigenvalue weighted by molar-refractivity contribution is -0.117. The van der Waals surface area contributed by atoms with Crippen LogP contribution < -0.4 is 19.5 Å². The van der Waals surface area contributed by atoms with E-state index < -0.39 is 10.2 Å². The van der Waals surface area contributed by atoms with Gasteiger partial charge in [-0.25, -0.2) is 0 Å². The van der Waals surface area contributed by atoms with Gasteiger partial charge >= 0.3 is 0 Å². The standard InChI is InChI=1S/C21H34N4O7S/c1-15-12-25(13-16(2)32-15)33(27,28)24-8-6-23(7-9-24)14-20(26)22-17-10-18(29-3)21(31-5)19(11-17)30-4/h10-11,15-16H,6-9,12-14H2,1-5H3,(H,22,26). The third-order valence-corrected chi connectivity index (χ3v) is 7.65. The van der Waals surface area contributed by atoms with E-state index in [4.69, 9.17) is 18.9 Å². The Balaban J connectivity index is 1.55. The molecule has 1 aromatic carbocycles. The largest absolute Gasteiger partial charge is 0.493 e. The lowest BCUT2D eigenvalue weighted by atomic mass is 10.2. The monoisotopic (exact) mass is 486 g/mol. The summed E-state index contributed by atoms with van der Waals surface area (Å²) in [5.41, 5.74) is 0.520. The second kappa shape index (κ2) is 10.9. The zero-order chi connectivity index (χ0) is 24.2. The number of hydrogen-bond donors (Lipinski definition) is 1. The first-order chi connectivity index (χ1) is 15.7. The SMILES string of the molecule is COc1cc(NC(=O)CN2CCN(S(=O)(=O)N3CC(C)OC(C)C3)CC2)cc(OC)c1OC. The summed E-state index contributed by atoms with van der Waals surface area (Å²) in [4.78, 5) is 14.5. The van der Waals surface area contributed by atoms with Crippen molar-refractivity contribution in [3.63, 3.8) is 0 Å². The van der Waals surface area contributed by atoms with Gasteiger partial charge in [-0.2, -0.15) is 17.0 Å². The third kappa shape index (κ3) is 6.07. The molecule has 12 heteroatoms. The van der Waals surface area contributed by atoms with E-state index in [-0.39, 0.29) is 24.7 Å². The number of nitrogens with zero attached hydrogens (tertiary/aromatic N) is 3. The molecule has 33 heavy (non-hydrogen) atoms. The Morgan fingerprint density at radius 1 is 0.970 bits per heavy atom. The van der Waals surface area contributed by atoms with Gasteiger partial charge in [0.2, 0.25) is 11.7 Å². The van der Waals surface area contributed by atoms with Crippen molar-refractivity contribution in [1.82, 2.24) is 13.5 Å². The predicted molar refractivity (Wildman–Crippen MR) is 123 cm³/mol. The first kappa shape index (κ1) is 25.5. The Hall–Kier alpha value is -2.12. The third-order valence-electron chi connectivity index (χ3n) is 5.69. The number of benzene rings is 1. The number of anilines is 1. The van der Waals surface area contributed by atoms with E-state index >= 15 is 0 Å². The van der Waals surface area contributed by atoms with E-state index in [1.54, 1.807) is 12.1 Å². The van der Waals surface area contributed by atoms with Crippen LogP contribution in [0.2, 0.25) is 0 Å². The molecule has 0 bridgehead atoms. The van der Waals surface area contributed by atoms with Crippen molar-refractivity contribution in [2.45, 2.75) is 26.1 Å². The first-order valence-electron chi connectivity index (χ1n) is 10.9. The fraction of sp³-hybridized carbons (Fsp3) is 0.667. The Morgan fingerprint density at radius 2 is 1.52 bits per heavy atom. The first-order valence-corrected chi connectivity index (χ1v) is 12.3. The van der Waals surface area contributed by atoms with Gasteiger partial charge in [-0.1, -0.05) is 0 Å². The molecule has 2 unspecified atom stereocenters. The molecule has 3 rings (SSSR count). The van der Waals surface area contributed by atoms with Crippen molar-refractivity contribution in [2.24, 2.45) is 0 Å². The fourth-order valence-corrected chi connectivity index (χ4v) is 5.91. The van der Waals surface area contributed by atoms with Crippen molar-refractivity contribution in [3.8, 4) is 17.2 Å². The summed E-state index contributed by atoms with van der Waals surface area (Å²) in [6.45, 7) is 6.21. The number of piperazine rings is 1. The quantitative estimate of drug-likeness (QED) is 0.570. The minimum Gasteiger partial charge on any atom is -0.493 e. The zero-order valence-corrected chi connectivity index (χ0v) is 20.7. The molecule has 2 fully saturated rings. The maximum absolute atomic E-state index is 13.0. The number of carbonyl (C=O) groups is 1. The summed E-state index contributed by atoms with van der Waals surface area (Å²) in [5, 5.41) is 2.84. The van der Waals surface area contributed by atoms with Gasteiger partial charge in [0.25, 0.3) is 10.2 Å². The van der Waals surface area contributed by atoms with Crippen LogP contribution >= 0.6 is 0 Å². The van der Waals surface area contributed by atoms with Gasteiger partial charge < -0.3 is 24.3 Å². The Morgan fingerprint density at radius 3 is 2.00 bits per heavy atom. The van der Waals surface area contributed by atoms with E-state index in [1.807, 2.05) is 18.7 Å². The molecule has 0 saturated carbocycles. The highest BCUT2D eigenvalue weighted by molar-refractivity contribution is 7.86. The molecular weight excluding hydrogens is 452 g/mol. The number of hydrogen-bond acceptors (Lipinski definition) is 8. The normalized spacial score (nSPS) is 23.2. The Bertz CT molecular complexity index is 900. The molecule has 2 aliphatic rings. The molecule has 0 aliphatic carbocycles. The van der Waals surface area contributed by atoms with E-state index in [0.29, 0.717) is 62.2 Å². The molecule has 2 aliphatic heterocycles. The molecule has 11 nitrogen and oxygen atoms in total. The predicted octanol–water partition coefficient (Wildman–Crippen LogP) is 0.623. The van der Waals surface area contributed by atoms with Gasteiger partial charge in [0.1, 0.15) is 0 Å².